The van der Waals surface area contributed by atoms with Gasteiger partial charge in [0.15, 0.2) is 0 Å². The highest BCUT2D eigenvalue weighted by molar-refractivity contribution is 7.80. The quantitative estimate of drug-likeness (QED) is 0.850. The van der Waals surface area contributed by atoms with E-state index < -0.39 is 17.5 Å². The molecule has 5 heteroatoms. The van der Waals surface area contributed by atoms with Crippen LogP contribution in [0.5, 0.6) is 0 Å². The van der Waals surface area contributed by atoms with E-state index in [0.717, 1.165) is 0 Å². The molecule has 0 saturated carbocycles. The third-order valence-corrected chi connectivity index (χ3v) is 3.24. The number of thiol groups is 1. The van der Waals surface area contributed by atoms with Crippen molar-refractivity contribution in [2.75, 3.05) is 11.4 Å². The number of hydrogen-bond donors (Lipinski definition) is 1. The number of halogens is 2. The number of nitrogens with zero attached hydrogens (tertiary/aromatic N) is 1. The Morgan fingerprint density at radius 3 is 2.45 bits per heavy atom. The zero-order chi connectivity index (χ0) is 14.7. The van der Waals surface area contributed by atoms with Gasteiger partial charge in [0.05, 0.1) is 5.69 Å². The van der Waals surface area contributed by atoms with E-state index in [0.29, 0.717) is 6.54 Å². The van der Waals surface area contributed by atoms with Crippen molar-refractivity contribution in [3.8, 4) is 0 Å². The van der Waals surface area contributed by atoms with Gasteiger partial charge < -0.3 is 4.90 Å². The Hall–Kier alpha value is -1.88. The molecule has 0 fully saturated rings. The third-order valence-electron chi connectivity index (χ3n) is 2.90. The van der Waals surface area contributed by atoms with Gasteiger partial charge in [0.2, 0.25) is 0 Å². The lowest BCUT2D eigenvalue weighted by Gasteiger charge is -2.21. The molecule has 2 rings (SSSR count). The SMILES string of the molecule is CCN(C(=O)c1ccc(F)c(S)c1)c1ccccc1F. The Kier molecular flexibility index (Phi) is 4.39. The van der Waals surface area contributed by atoms with Gasteiger partial charge in [-0.1, -0.05) is 12.1 Å². The predicted molar refractivity (Wildman–Crippen MR) is 77.4 cm³/mol. The highest BCUT2D eigenvalue weighted by Gasteiger charge is 2.19. The summed E-state index contributed by atoms with van der Waals surface area (Å²) in [4.78, 5) is 13.8. The van der Waals surface area contributed by atoms with Gasteiger partial charge in [-0.2, -0.15) is 0 Å². The van der Waals surface area contributed by atoms with E-state index in [1.165, 1.54) is 35.2 Å². The average molecular weight is 293 g/mol. The number of rotatable bonds is 3. The Bertz CT molecular complexity index is 646. The minimum atomic E-state index is -0.501. The van der Waals surface area contributed by atoms with Crippen LogP contribution in [0, 0.1) is 11.6 Å². The van der Waals surface area contributed by atoms with E-state index >= 15 is 0 Å². The molecule has 20 heavy (non-hydrogen) atoms. The van der Waals surface area contributed by atoms with Crippen molar-refractivity contribution in [1.29, 1.82) is 0 Å². The van der Waals surface area contributed by atoms with Crippen molar-refractivity contribution in [3.63, 3.8) is 0 Å². The first kappa shape index (κ1) is 14.5. The van der Waals surface area contributed by atoms with Crippen molar-refractivity contribution in [1.82, 2.24) is 0 Å². The number of para-hydroxylation sites is 1. The molecule has 1 amide bonds. The van der Waals surface area contributed by atoms with Crippen LogP contribution in [0.25, 0.3) is 0 Å². The first-order valence-corrected chi connectivity index (χ1v) is 6.54. The van der Waals surface area contributed by atoms with Gasteiger partial charge in [-0.3, -0.25) is 4.79 Å². The fraction of sp³-hybridized carbons (Fsp3) is 0.133. The maximum absolute atomic E-state index is 13.8. The van der Waals surface area contributed by atoms with Gasteiger partial charge in [0.25, 0.3) is 5.91 Å². The fourth-order valence-corrected chi connectivity index (χ4v) is 2.11. The van der Waals surface area contributed by atoms with Crippen LogP contribution in [0.15, 0.2) is 47.4 Å². The second-order valence-corrected chi connectivity index (χ2v) is 4.65. The third kappa shape index (κ3) is 2.82. The summed E-state index contributed by atoms with van der Waals surface area (Å²) in [6.07, 6.45) is 0. The predicted octanol–water partition coefficient (Wildman–Crippen LogP) is 3.92. The normalized spacial score (nSPS) is 10.4. The van der Waals surface area contributed by atoms with E-state index in [1.54, 1.807) is 19.1 Å². The van der Waals surface area contributed by atoms with E-state index in [-0.39, 0.29) is 16.1 Å². The number of amides is 1. The van der Waals surface area contributed by atoms with E-state index in [9.17, 15) is 13.6 Å². The first-order valence-electron chi connectivity index (χ1n) is 6.09. The molecule has 0 unspecified atom stereocenters. The number of carbonyl (C=O) groups excluding carboxylic acids is 1. The topological polar surface area (TPSA) is 20.3 Å². The van der Waals surface area contributed by atoms with Crippen molar-refractivity contribution < 1.29 is 13.6 Å². The number of benzene rings is 2. The summed E-state index contributed by atoms with van der Waals surface area (Å²) in [5, 5.41) is 0. The maximum atomic E-state index is 13.8. The van der Waals surface area contributed by atoms with Gasteiger partial charge in [-0.25, -0.2) is 8.78 Å². The standard InChI is InChI=1S/C15H13F2NOS/c1-2-18(13-6-4-3-5-11(13)16)15(19)10-7-8-12(17)14(20)9-10/h3-9,20H,2H2,1H3. The van der Waals surface area contributed by atoms with Crippen LogP contribution in [-0.2, 0) is 0 Å². The lowest BCUT2D eigenvalue weighted by Crippen LogP contribution is -2.31. The molecule has 2 aromatic carbocycles. The highest BCUT2D eigenvalue weighted by atomic mass is 32.1. The maximum Gasteiger partial charge on any atom is 0.258 e. The molecule has 0 aliphatic rings. The Labute approximate surface area is 121 Å². The second kappa shape index (κ2) is 6.05. The largest absolute Gasteiger partial charge is 0.306 e. The number of anilines is 1. The molecule has 0 spiro atoms. The summed E-state index contributed by atoms with van der Waals surface area (Å²) in [6, 6.07) is 9.90. The van der Waals surface area contributed by atoms with Crippen molar-refractivity contribution >= 4 is 24.2 Å². The van der Waals surface area contributed by atoms with Crippen molar-refractivity contribution in [3.05, 3.63) is 59.7 Å². The summed E-state index contributed by atoms with van der Waals surface area (Å²) in [5.41, 5.74) is 0.464. The van der Waals surface area contributed by atoms with Gasteiger partial charge in [0.1, 0.15) is 11.6 Å². The zero-order valence-corrected chi connectivity index (χ0v) is 11.7. The zero-order valence-electron chi connectivity index (χ0n) is 10.8. The smallest absolute Gasteiger partial charge is 0.258 e. The van der Waals surface area contributed by atoms with Crippen LogP contribution < -0.4 is 4.90 Å². The minimum Gasteiger partial charge on any atom is -0.306 e. The molecular weight excluding hydrogens is 280 g/mol. The first-order chi connectivity index (χ1) is 9.54. The van der Waals surface area contributed by atoms with E-state index in [4.69, 9.17) is 0 Å². The fourth-order valence-electron chi connectivity index (χ4n) is 1.90. The molecule has 2 nitrogen and oxygen atoms in total. The lowest BCUT2D eigenvalue weighted by molar-refractivity contribution is 0.0987. The summed E-state index contributed by atoms with van der Waals surface area (Å²) in [6.45, 7) is 2.05. The van der Waals surface area contributed by atoms with Gasteiger partial charge >= 0.3 is 0 Å². The van der Waals surface area contributed by atoms with Crippen LogP contribution in [0.1, 0.15) is 17.3 Å². The molecule has 0 N–H and O–H groups in total. The summed E-state index contributed by atoms with van der Waals surface area (Å²) in [7, 11) is 0. The summed E-state index contributed by atoms with van der Waals surface area (Å²) < 4.78 is 26.9. The molecule has 0 aliphatic heterocycles. The van der Waals surface area contributed by atoms with Crippen LogP contribution in [0.3, 0.4) is 0 Å². The van der Waals surface area contributed by atoms with Crippen molar-refractivity contribution in [2.24, 2.45) is 0 Å². The van der Waals surface area contributed by atoms with Crippen LogP contribution in [0.2, 0.25) is 0 Å². The molecule has 0 radical (unpaired) electrons. The Morgan fingerprint density at radius 2 is 1.85 bits per heavy atom. The molecule has 0 bridgehead atoms. The van der Waals surface area contributed by atoms with Crippen LogP contribution in [0.4, 0.5) is 14.5 Å². The van der Waals surface area contributed by atoms with Gasteiger partial charge in [0, 0.05) is 17.0 Å². The molecule has 0 saturated heterocycles. The molecule has 0 atom stereocenters. The van der Waals surface area contributed by atoms with Gasteiger partial charge in [-0.05, 0) is 37.3 Å². The molecular formula is C15H13F2NOS. The minimum absolute atomic E-state index is 0.0837. The van der Waals surface area contributed by atoms with Gasteiger partial charge in [-0.15, -0.1) is 12.6 Å². The number of hydrogen-bond acceptors (Lipinski definition) is 2. The average Bonchev–Trinajstić information content (AvgIpc) is 2.44. The highest BCUT2D eigenvalue weighted by Crippen LogP contribution is 2.22. The molecule has 0 heterocycles. The Balaban J connectivity index is 2.39. The Morgan fingerprint density at radius 1 is 1.15 bits per heavy atom. The summed E-state index contributed by atoms with van der Waals surface area (Å²) in [5.74, 6) is -1.37. The van der Waals surface area contributed by atoms with E-state index in [2.05, 4.69) is 12.6 Å². The molecule has 2 aromatic rings. The van der Waals surface area contributed by atoms with Crippen molar-refractivity contribution in [2.45, 2.75) is 11.8 Å². The molecule has 0 aliphatic carbocycles. The summed E-state index contributed by atoms with van der Waals surface area (Å²) >= 11 is 3.95. The second-order valence-electron chi connectivity index (χ2n) is 4.17. The lowest BCUT2D eigenvalue weighted by atomic mass is 10.1. The van der Waals surface area contributed by atoms with Crippen LogP contribution in [-0.4, -0.2) is 12.5 Å². The molecule has 104 valence electrons. The number of carbonyl (C=O) groups is 1. The monoisotopic (exact) mass is 293 g/mol. The van der Waals surface area contributed by atoms with E-state index in [1.807, 2.05) is 0 Å². The van der Waals surface area contributed by atoms with Crippen LogP contribution >= 0.6 is 12.6 Å². The molecule has 0 aromatic heterocycles.